The quantitative estimate of drug-likeness (QED) is 0.821. The van der Waals surface area contributed by atoms with E-state index in [1.54, 1.807) is 0 Å². The summed E-state index contributed by atoms with van der Waals surface area (Å²) in [4.78, 5) is 5.92. The third-order valence-electron chi connectivity index (χ3n) is 3.42. The number of rotatable bonds is 6. The zero-order chi connectivity index (χ0) is 11.5. The Balaban J connectivity index is 1.79. The number of nitrogens with zero attached hydrogens (tertiary/aromatic N) is 1. The molecule has 0 radical (unpaired) electrons. The molecule has 1 saturated carbocycles. The molecular weight excluding hydrogens is 216 g/mol. The first kappa shape index (κ1) is 12.1. The zero-order valence-corrected chi connectivity index (χ0v) is 11.4. The van der Waals surface area contributed by atoms with Gasteiger partial charge in [0.05, 0.1) is 5.69 Å². The average molecular weight is 238 g/mol. The molecule has 16 heavy (non-hydrogen) atoms. The molecule has 1 N–H and O–H groups in total. The highest BCUT2D eigenvalue weighted by Crippen LogP contribution is 2.34. The zero-order valence-electron chi connectivity index (χ0n) is 10.5. The lowest BCUT2D eigenvalue weighted by molar-refractivity contribution is 0.444. The second-order valence-corrected chi connectivity index (χ2v) is 6.20. The van der Waals surface area contributed by atoms with Crippen LogP contribution in [0.3, 0.4) is 0 Å². The van der Waals surface area contributed by atoms with Crippen molar-refractivity contribution >= 4 is 11.3 Å². The fourth-order valence-electron chi connectivity index (χ4n) is 2.00. The van der Waals surface area contributed by atoms with Crippen molar-refractivity contribution in [2.45, 2.75) is 59.0 Å². The van der Waals surface area contributed by atoms with Gasteiger partial charge in [0.15, 0.2) is 0 Å². The van der Waals surface area contributed by atoms with Crippen LogP contribution in [0.4, 0.5) is 0 Å². The van der Waals surface area contributed by atoms with E-state index in [0.29, 0.717) is 6.04 Å². The third kappa shape index (κ3) is 3.29. The Hall–Kier alpha value is -0.410. The van der Waals surface area contributed by atoms with Crippen molar-refractivity contribution in [1.82, 2.24) is 10.3 Å². The summed E-state index contributed by atoms with van der Waals surface area (Å²) in [5.41, 5.74) is 1.19. The van der Waals surface area contributed by atoms with Gasteiger partial charge in [0.1, 0.15) is 5.01 Å². The van der Waals surface area contributed by atoms with Gasteiger partial charge in [0, 0.05) is 17.5 Å². The molecule has 1 unspecified atom stereocenters. The maximum Gasteiger partial charge on any atom is 0.107 e. The van der Waals surface area contributed by atoms with Crippen LogP contribution in [0.25, 0.3) is 0 Å². The Morgan fingerprint density at radius 1 is 1.44 bits per heavy atom. The smallest absolute Gasteiger partial charge is 0.107 e. The molecule has 3 heteroatoms. The summed E-state index contributed by atoms with van der Waals surface area (Å²) in [5.74, 6) is 1.01. The van der Waals surface area contributed by atoms with Crippen LogP contribution >= 0.6 is 11.3 Å². The number of nitrogens with one attached hydrogen (secondary N) is 1. The molecule has 1 aliphatic carbocycles. The van der Waals surface area contributed by atoms with Crippen molar-refractivity contribution in [2.75, 3.05) is 0 Å². The summed E-state index contributed by atoms with van der Waals surface area (Å²) < 4.78 is 0. The van der Waals surface area contributed by atoms with Gasteiger partial charge in [-0.1, -0.05) is 19.8 Å². The minimum atomic E-state index is 0.692. The molecule has 0 amide bonds. The number of hydrogen-bond donors (Lipinski definition) is 1. The van der Waals surface area contributed by atoms with Gasteiger partial charge in [-0.15, -0.1) is 11.3 Å². The molecule has 0 aromatic carbocycles. The van der Waals surface area contributed by atoms with Crippen molar-refractivity contribution in [3.05, 3.63) is 15.6 Å². The summed E-state index contributed by atoms with van der Waals surface area (Å²) in [6.45, 7) is 7.47. The van der Waals surface area contributed by atoms with Crippen LogP contribution in [0.15, 0.2) is 0 Å². The molecule has 2 rings (SSSR count). The molecule has 1 aliphatic rings. The predicted octanol–water partition coefficient (Wildman–Crippen LogP) is 3.43. The molecule has 0 spiro atoms. The molecule has 2 nitrogen and oxygen atoms in total. The number of hydrogen-bond acceptors (Lipinski definition) is 3. The topological polar surface area (TPSA) is 24.9 Å². The van der Waals surface area contributed by atoms with Crippen LogP contribution in [0.5, 0.6) is 0 Å². The van der Waals surface area contributed by atoms with E-state index in [2.05, 4.69) is 31.1 Å². The van der Waals surface area contributed by atoms with Gasteiger partial charge in [-0.25, -0.2) is 4.98 Å². The number of thiazole rings is 1. The second-order valence-electron chi connectivity index (χ2n) is 4.91. The van der Waals surface area contributed by atoms with E-state index in [-0.39, 0.29) is 0 Å². The fraction of sp³-hybridized carbons (Fsp3) is 0.769. The lowest BCUT2D eigenvalue weighted by Gasteiger charge is -2.15. The van der Waals surface area contributed by atoms with E-state index in [0.717, 1.165) is 12.5 Å². The minimum Gasteiger partial charge on any atom is -0.308 e. The van der Waals surface area contributed by atoms with E-state index in [1.807, 2.05) is 11.3 Å². The molecule has 0 saturated heterocycles. The average Bonchev–Trinajstić information content (AvgIpc) is 3.01. The van der Waals surface area contributed by atoms with Crippen molar-refractivity contribution in [1.29, 1.82) is 0 Å². The maximum absolute atomic E-state index is 4.57. The summed E-state index contributed by atoms with van der Waals surface area (Å²) in [6.07, 6.45) is 5.50. The number of aromatic nitrogens is 1. The molecule has 1 fully saturated rings. The van der Waals surface area contributed by atoms with Crippen molar-refractivity contribution in [3.8, 4) is 0 Å². The van der Waals surface area contributed by atoms with Crippen LogP contribution in [0.2, 0.25) is 0 Å². The Bertz CT molecular complexity index is 322. The van der Waals surface area contributed by atoms with Gasteiger partial charge in [-0.2, -0.15) is 0 Å². The van der Waals surface area contributed by atoms with E-state index in [4.69, 9.17) is 0 Å². The summed E-state index contributed by atoms with van der Waals surface area (Å²) in [7, 11) is 0. The van der Waals surface area contributed by atoms with Gasteiger partial charge < -0.3 is 5.32 Å². The SMILES string of the molecule is CCC(CC1CC1)NCc1nc(C)c(C)s1. The first-order valence-electron chi connectivity index (χ1n) is 6.35. The Morgan fingerprint density at radius 2 is 2.19 bits per heavy atom. The highest BCUT2D eigenvalue weighted by Gasteiger charge is 2.24. The maximum atomic E-state index is 4.57. The normalized spacial score (nSPS) is 17.7. The highest BCUT2D eigenvalue weighted by atomic mass is 32.1. The van der Waals surface area contributed by atoms with Gasteiger partial charge in [0.2, 0.25) is 0 Å². The third-order valence-corrected chi connectivity index (χ3v) is 4.50. The Labute approximate surface area is 102 Å². The standard InChI is InChI=1S/C13H22N2S/c1-4-12(7-11-5-6-11)14-8-13-15-9(2)10(3)16-13/h11-12,14H,4-8H2,1-3H3. The molecule has 1 aromatic rings. The van der Waals surface area contributed by atoms with E-state index in [1.165, 1.54) is 41.3 Å². The Kier molecular flexibility index (Phi) is 3.98. The van der Waals surface area contributed by atoms with Crippen LogP contribution in [-0.2, 0) is 6.54 Å². The largest absolute Gasteiger partial charge is 0.308 e. The van der Waals surface area contributed by atoms with Gasteiger partial charge in [0.25, 0.3) is 0 Å². The molecule has 0 bridgehead atoms. The fourth-order valence-corrected chi connectivity index (χ4v) is 2.88. The van der Waals surface area contributed by atoms with Gasteiger partial charge in [-0.05, 0) is 32.6 Å². The van der Waals surface area contributed by atoms with Crippen molar-refractivity contribution < 1.29 is 0 Å². The van der Waals surface area contributed by atoms with Gasteiger partial charge >= 0.3 is 0 Å². The summed E-state index contributed by atoms with van der Waals surface area (Å²) in [6, 6.07) is 0.692. The van der Waals surface area contributed by atoms with E-state index < -0.39 is 0 Å². The first-order chi connectivity index (χ1) is 7.69. The summed E-state index contributed by atoms with van der Waals surface area (Å²) in [5, 5.41) is 4.89. The first-order valence-corrected chi connectivity index (χ1v) is 7.17. The predicted molar refractivity (Wildman–Crippen MR) is 69.8 cm³/mol. The Morgan fingerprint density at radius 3 is 2.69 bits per heavy atom. The minimum absolute atomic E-state index is 0.692. The monoisotopic (exact) mass is 238 g/mol. The van der Waals surface area contributed by atoms with Crippen LogP contribution in [0.1, 0.15) is 48.2 Å². The molecule has 0 aliphatic heterocycles. The summed E-state index contributed by atoms with van der Waals surface area (Å²) >= 11 is 1.83. The van der Waals surface area contributed by atoms with Crippen LogP contribution in [-0.4, -0.2) is 11.0 Å². The molecule has 1 atom stereocenters. The van der Waals surface area contributed by atoms with Crippen LogP contribution in [0, 0.1) is 19.8 Å². The molecular formula is C13H22N2S. The second kappa shape index (κ2) is 5.28. The van der Waals surface area contributed by atoms with Crippen molar-refractivity contribution in [3.63, 3.8) is 0 Å². The molecule has 1 aromatic heterocycles. The van der Waals surface area contributed by atoms with E-state index >= 15 is 0 Å². The van der Waals surface area contributed by atoms with Gasteiger partial charge in [-0.3, -0.25) is 0 Å². The van der Waals surface area contributed by atoms with E-state index in [9.17, 15) is 0 Å². The van der Waals surface area contributed by atoms with Crippen molar-refractivity contribution in [2.24, 2.45) is 5.92 Å². The number of aryl methyl sites for hydroxylation is 2. The molecule has 1 heterocycles. The highest BCUT2D eigenvalue weighted by molar-refractivity contribution is 7.11. The van der Waals surface area contributed by atoms with Crippen LogP contribution < -0.4 is 5.32 Å². The lowest BCUT2D eigenvalue weighted by Crippen LogP contribution is -2.28. The molecule has 90 valence electrons. The lowest BCUT2D eigenvalue weighted by atomic mass is 10.1.